The molecule has 16 heavy (non-hydrogen) atoms. The molecule has 1 unspecified atom stereocenters. The van der Waals surface area contributed by atoms with Crippen molar-refractivity contribution in [2.45, 2.75) is 12.5 Å². The van der Waals surface area contributed by atoms with Crippen LogP contribution in [0.15, 0.2) is 18.2 Å². The summed E-state index contributed by atoms with van der Waals surface area (Å²) in [5, 5.41) is 9.58. The van der Waals surface area contributed by atoms with E-state index >= 15 is 0 Å². The molecule has 0 spiro atoms. The average Bonchev–Trinajstić information content (AvgIpc) is 2.28. The summed E-state index contributed by atoms with van der Waals surface area (Å²) in [6, 6.07) is 4.04. The van der Waals surface area contributed by atoms with Gasteiger partial charge in [0.1, 0.15) is 11.6 Å². The molecule has 1 rings (SSSR count). The fraction of sp³-hybridized carbons (Fsp3) is 0.364. The Bertz CT molecular complexity index is 378. The average molecular weight is 228 g/mol. The van der Waals surface area contributed by atoms with Crippen molar-refractivity contribution in [1.29, 1.82) is 0 Å². The van der Waals surface area contributed by atoms with Crippen LogP contribution >= 0.6 is 0 Å². The SMILES string of the molecule is COC(=O)CC(O)c1ccc(OC)cc1F. The van der Waals surface area contributed by atoms with E-state index < -0.39 is 17.9 Å². The van der Waals surface area contributed by atoms with Crippen LogP contribution in [0, 0.1) is 5.82 Å². The maximum atomic E-state index is 13.4. The minimum Gasteiger partial charge on any atom is -0.497 e. The lowest BCUT2D eigenvalue weighted by atomic mass is 10.1. The van der Waals surface area contributed by atoms with Crippen molar-refractivity contribution in [2.75, 3.05) is 14.2 Å². The molecule has 0 amide bonds. The number of hydrogen-bond acceptors (Lipinski definition) is 4. The molecule has 0 saturated heterocycles. The van der Waals surface area contributed by atoms with Gasteiger partial charge in [0.15, 0.2) is 0 Å². The number of ether oxygens (including phenoxy) is 2. The number of carbonyl (C=O) groups is 1. The fourth-order valence-electron chi connectivity index (χ4n) is 1.26. The third-order valence-corrected chi connectivity index (χ3v) is 2.15. The quantitative estimate of drug-likeness (QED) is 0.792. The number of hydrogen-bond donors (Lipinski definition) is 1. The molecule has 0 aliphatic heterocycles. The minimum absolute atomic E-state index is 0.0474. The maximum absolute atomic E-state index is 13.4. The summed E-state index contributed by atoms with van der Waals surface area (Å²) in [6.07, 6.45) is -1.49. The maximum Gasteiger partial charge on any atom is 0.308 e. The summed E-state index contributed by atoms with van der Waals surface area (Å²) >= 11 is 0. The van der Waals surface area contributed by atoms with Gasteiger partial charge in [0.05, 0.1) is 26.7 Å². The Morgan fingerprint density at radius 3 is 2.69 bits per heavy atom. The van der Waals surface area contributed by atoms with Crippen LogP contribution in [0.1, 0.15) is 18.1 Å². The molecule has 0 aliphatic rings. The molecule has 1 aromatic rings. The van der Waals surface area contributed by atoms with Gasteiger partial charge < -0.3 is 14.6 Å². The standard InChI is InChI=1S/C11H13FO4/c1-15-7-3-4-8(9(12)5-7)10(13)6-11(14)16-2/h3-5,10,13H,6H2,1-2H3. The molecule has 88 valence electrons. The molecule has 0 heterocycles. The first-order valence-electron chi connectivity index (χ1n) is 4.66. The summed E-state index contributed by atoms with van der Waals surface area (Å²) in [5.74, 6) is -0.856. The van der Waals surface area contributed by atoms with Crippen molar-refractivity contribution in [3.05, 3.63) is 29.6 Å². The van der Waals surface area contributed by atoms with Gasteiger partial charge >= 0.3 is 5.97 Å². The van der Waals surface area contributed by atoms with Crippen molar-refractivity contribution < 1.29 is 23.8 Å². The summed E-state index contributed by atoms with van der Waals surface area (Å²) < 4.78 is 22.6. The first kappa shape index (κ1) is 12.4. The summed E-state index contributed by atoms with van der Waals surface area (Å²) in [5.41, 5.74) is 0.0474. The lowest BCUT2D eigenvalue weighted by molar-refractivity contribution is -0.142. The predicted molar refractivity (Wildman–Crippen MR) is 54.5 cm³/mol. The summed E-state index contributed by atoms with van der Waals surface area (Å²) in [4.78, 5) is 10.9. The first-order chi connectivity index (χ1) is 7.58. The van der Waals surface area contributed by atoms with Crippen LogP contribution in [0.3, 0.4) is 0 Å². The fourth-order valence-corrected chi connectivity index (χ4v) is 1.26. The second-order valence-electron chi connectivity index (χ2n) is 3.18. The summed E-state index contributed by atoms with van der Waals surface area (Å²) in [7, 11) is 2.62. The van der Waals surface area contributed by atoms with Gasteiger partial charge in [-0.15, -0.1) is 0 Å². The molecule has 4 nitrogen and oxygen atoms in total. The predicted octanol–water partition coefficient (Wildman–Crippen LogP) is 1.43. The largest absolute Gasteiger partial charge is 0.497 e. The lowest BCUT2D eigenvalue weighted by Gasteiger charge is -2.11. The van der Waals surface area contributed by atoms with E-state index in [0.717, 1.165) is 6.07 Å². The number of aliphatic hydroxyl groups excluding tert-OH is 1. The molecule has 0 aromatic heterocycles. The van der Waals surface area contributed by atoms with Crippen LogP contribution in [0.25, 0.3) is 0 Å². The van der Waals surface area contributed by atoms with E-state index in [1.807, 2.05) is 0 Å². The molecule has 1 N–H and O–H groups in total. The molecular weight excluding hydrogens is 215 g/mol. The number of benzene rings is 1. The highest BCUT2D eigenvalue weighted by Crippen LogP contribution is 2.24. The zero-order chi connectivity index (χ0) is 12.1. The van der Waals surface area contributed by atoms with Crippen molar-refractivity contribution >= 4 is 5.97 Å². The van der Waals surface area contributed by atoms with Gasteiger partial charge in [-0.2, -0.15) is 0 Å². The topological polar surface area (TPSA) is 55.8 Å². The van der Waals surface area contributed by atoms with Gasteiger partial charge in [-0.1, -0.05) is 0 Å². The molecule has 0 radical (unpaired) electrons. The number of carbonyl (C=O) groups excluding carboxylic acids is 1. The molecule has 0 bridgehead atoms. The molecule has 1 atom stereocenters. The minimum atomic E-state index is -1.21. The van der Waals surface area contributed by atoms with E-state index in [1.165, 1.54) is 26.4 Å². The molecule has 0 aliphatic carbocycles. The van der Waals surface area contributed by atoms with Gasteiger partial charge in [0.25, 0.3) is 0 Å². The highest BCUT2D eigenvalue weighted by molar-refractivity contribution is 5.70. The number of esters is 1. The van der Waals surface area contributed by atoms with Crippen LogP contribution in [0.5, 0.6) is 5.75 Å². The number of halogens is 1. The Balaban J connectivity index is 2.83. The van der Waals surface area contributed by atoms with Crippen LogP contribution in [-0.4, -0.2) is 25.3 Å². The second kappa shape index (κ2) is 5.46. The summed E-state index contributed by atoms with van der Waals surface area (Å²) in [6.45, 7) is 0. The van der Waals surface area contributed by atoms with E-state index in [0.29, 0.717) is 5.75 Å². The Kier molecular flexibility index (Phi) is 4.25. The second-order valence-corrected chi connectivity index (χ2v) is 3.18. The highest BCUT2D eigenvalue weighted by Gasteiger charge is 2.17. The molecular formula is C11H13FO4. The van der Waals surface area contributed by atoms with Crippen molar-refractivity contribution in [3.63, 3.8) is 0 Å². The van der Waals surface area contributed by atoms with E-state index in [9.17, 15) is 14.3 Å². The van der Waals surface area contributed by atoms with E-state index in [2.05, 4.69) is 4.74 Å². The zero-order valence-electron chi connectivity index (χ0n) is 9.07. The van der Waals surface area contributed by atoms with Gasteiger partial charge in [-0.05, 0) is 12.1 Å². The highest BCUT2D eigenvalue weighted by atomic mass is 19.1. The normalized spacial score (nSPS) is 12.0. The van der Waals surface area contributed by atoms with Crippen LogP contribution in [0.2, 0.25) is 0 Å². The third kappa shape index (κ3) is 2.93. The molecule has 5 heteroatoms. The van der Waals surface area contributed by atoms with Crippen LogP contribution < -0.4 is 4.74 Å². The first-order valence-corrected chi connectivity index (χ1v) is 4.66. The van der Waals surface area contributed by atoms with E-state index in [4.69, 9.17) is 4.74 Å². The Hall–Kier alpha value is -1.62. The van der Waals surface area contributed by atoms with Crippen LogP contribution in [0.4, 0.5) is 4.39 Å². The third-order valence-electron chi connectivity index (χ3n) is 2.15. The smallest absolute Gasteiger partial charge is 0.308 e. The zero-order valence-corrected chi connectivity index (χ0v) is 9.07. The number of aliphatic hydroxyl groups is 1. The van der Waals surface area contributed by atoms with Crippen LogP contribution in [-0.2, 0) is 9.53 Å². The number of methoxy groups -OCH3 is 2. The van der Waals surface area contributed by atoms with Gasteiger partial charge in [0, 0.05) is 11.6 Å². The lowest BCUT2D eigenvalue weighted by Crippen LogP contribution is -2.09. The van der Waals surface area contributed by atoms with Crippen molar-refractivity contribution in [1.82, 2.24) is 0 Å². The van der Waals surface area contributed by atoms with Gasteiger partial charge in [-0.3, -0.25) is 4.79 Å². The molecule has 0 saturated carbocycles. The van der Waals surface area contributed by atoms with Crippen molar-refractivity contribution in [3.8, 4) is 5.75 Å². The Labute approximate surface area is 92.6 Å². The molecule has 0 fully saturated rings. The molecule has 1 aromatic carbocycles. The van der Waals surface area contributed by atoms with Gasteiger partial charge in [0.2, 0.25) is 0 Å². The number of rotatable bonds is 4. The van der Waals surface area contributed by atoms with Crippen molar-refractivity contribution in [2.24, 2.45) is 0 Å². The van der Waals surface area contributed by atoms with E-state index in [-0.39, 0.29) is 12.0 Å². The van der Waals surface area contributed by atoms with E-state index in [1.54, 1.807) is 0 Å². The monoisotopic (exact) mass is 228 g/mol. The Morgan fingerprint density at radius 1 is 1.50 bits per heavy atom. The van der Waals surface area contributed by atoms with Gasteiger partial charge in [-0.25, -0.2) is 4.39 Å². The Morgan fingerprint density at radius 2 is 2.19 bits per heavy atom.